The summed E-state index contributed by atoms with van der Waals surface area (Å²) >= 11 is 1.76. The number of rotatable bonds is 6. The molecule has 0 aromatic heterocycles. The van der Waals surface area contributed by atoms with Gasteiger partial charge in [0.05, 0.1) is 0 Å². The Morgan fingerprint density at radius 2 is 2.05 bits per heavy atom. The van der Waals surface area contributed by atoms with Gasteiger partial charge in [0.15, 0.2) is 0 Å². The first-order valence-corrected chi connectivity index (χ1v) is 8.18. The Hall–Kier alpha value is -0.510. The second kappa shape index (κ2) is 7.32. The van der Waals surface area contributed by atoms with Gasteiger partial charge in [0.1, 0.15) is 0 Å². The maximum atomic E-state index is 3.49. The predicted octanol–water partition coefficient (Wildman–Crippen LogP) is 3.89. The van der Waals surface area contributed by atoms with E-state index in [2.05, 4.69) is 54.8 Å². The topological polar surface area (TPSA) is 15.3 Å². The van der Waals surface area contributed by atoms with Crippen LogP contribution < -0.4 is 4.72 Å². The van der Waals surface area contributed by atoms with E-state index in [1.165, 1.54) is 36.3 Å². The van der Waals surface area contributed by atoms with Gasteiger partial charge in [0, 0.05) is 17.5 Å². The normalized spacial score (nSPS) is 20.3. The van der Waals surface area contributed by atoms with Crippen molar-refractivity contribution in [1.29, 1.82) is 0 Å². The summed E-state index contributed by atoms with van der Waals surface area (Å²) in [4.78, 5) is 3.80. The minimum atomic E-state index is 0.616. The van der Waals surface area contributed by atoms with E-state index in [-0.39, 0.29) is 0 Å². The Balaban J connectivity index is 1.68. The van der Waals surface area contributed by atoms with Gasteiger partial charge in [-0.2, -0.15) is 0 Å². The van der Waals surface area contributed by atoms with Crippen LogP contribution in [0, 0.1) is 0 Å². The van der Waals surface area contributed by atoms with Gasteiger partial charge < -0.3 is 4.90 Å². The molecule has 1 aromatic rings. The number of hydrogen-bond acceptors (Lipinski definition) is 3. The van der Waals surface area contributed by atoms with Crippen LogP contribution in [0.3, 0.4) is 0 Å². The van der Waals surface area contributed by atoms with Crippen LogP contribution in [0.2, 0.25) is 0 Å². The SMILES string of the molecule is CC(C)c1ccc(SNCCC2CCCN2C)cc1. The average Bonchev–Trinajstić information content (AvgIpc) is 2.81. The lowest BCUT2D eigenvalue weighted by Crippen LogP contribution is -2.27. The highest BCUT2D eigenvalue weighted by Crippen LogP contribution is 2.21. The third-order valence-electron chi connectivity index (χ3n) is 3.99. The molecule has 2 nitrogen and oxygen atoms in total. The van der Waals surface area contributed by atoms with Gasteiger partial charge in [-0.15, -0.1) is 0 Å². The minimum Gasteiger partial charge on any atom is -0.303 e. The summed E-state index contributed by atoms with van der Waals surface area (Å²) in [6.45, 7) is 6.83. The zero-order valence-corrected chi connectivity index (χ0v) is 13.2. The van der Waals surface area contributed by atoms with E-state index < -0.39 is 0 Å². The zero-order chi connectivity index (χ0) is 13.7. The van der Waals surface area contributed by atoms with Gasteiger partial charge in [-0.25, -0.2) is 0 Å². The van der Waals surface area contributed by atoms with Crippen LogP contribution in [0.25, 0.3) is 0 Å². The molecular formula is C16H26N2S. The van der Waals surface area contributed by atoms with E-state index in [4.69, 9.17) is 0 Å². The fraction of sp³-hybridized carbons (Fsp3) is 0.625. The summed E-state index contributed by atoms with van der Waals surface area (Å²) in [5, 5.41) is 0. The van der Waals surface area contributed by atoms with Crippen molar-refractivity contribution in [2.24, 2.45) is 0 Å². The maximum Gasteiger partial charge on any atom is 0.0228 e. The van der Waals surface area contributed by atoms with E-state index >= 15 is 0 Å². The second-order valence-corrected chi connectivity index (χ2v) is 6.75. The second-order valence-electron chi connectivity index (χ2n) is 5.79. The molecule has 0 bridgehead atoms. The summed E-state index contributed by atoms with van der Waals surface area (Å²) in [5.74, 6) is 0.616. The largest absolute Gasteiger partial charge is 0.303 e. The fourth-order valence-corrected chi connectivity index (χ4v) is 3.28. The lowest BCUT2D eigenvalue weighted by atomic mass is 10.0. The predicted molar refractivity (Wildman–Crippen MR) is 84.7 cm³/mol. The number of nitrogens with zero attached hydrogens (tertiary/aromatic N) is 1. The lowest BCUT2D eigenvalue weighted by Gasteiger charge is -2.19. The van der Waals surface area contributed by atoms with Crippen molar-refractivity contribution in [2.45, 2.75) is 50.0 Å². The molecule has 0 radical (unpaired) electrons. The number of likely N-dealkylation sites (tertiary alicyclic amines) is 1. The van der Waals surface area contributed by atoms with Crippen LogP contribution in [0.5, 0.6) is 0 Å². The minimum absolute atomic E-state index is 0.616. The Morgan fingerprint density at radius 1 is 1.32 bits per heavy atom. The fourth-order valence-electron chi connectivity index (χ4n) is 2.62. The first-order valence-electron chi connectivity index (χ1n) is 7.36. The van der Waals surface area contributed by atoms with E-state index in [9.17, 15) is 0 Å². The molecule has 3 heteroatoms. The Bertz CT molecular complexity index is 375. The van der Waals surface area contributed by atoms with Crippen LogP contribution in [-0.2, 0) is 0 Å². The van der Waals surface area contributed by atoms with E-state index in [1.54, 1.807) is 11.9 Å². The number of nitrogens with one attached hydrogen (secondary N) is 1. The van der Waals surface area contributed by atoms with E-state index in [0.717, 1.165) is 12.6 Å². The Labute approximate surface area is 122 Å². The zero-order valence-electron chi connectivity index (χ0n) is 12.4. The van der Waals surface area contributed by atoms with E-state index in [1.807, 2.05) is 0 Å². The van der Waals surface area contributed by atoms with Crippen molar-refractivity contribution < 1.29 is 0 Å². The van der Waals surface area contributed by atoms with Gasteiger partial charge >= 0.3 is 0 Å². The molecule has 1 heterocycles. The lowest BCUT2D eigenvalue weighted by molar-refractivity contribution is 0.298. The van der Waals surface area contributed by atoms with Crippen LogP contribution in [0.1, 0.15) is 44.6 Å². The van der Waals surface area contributed by atoms with Gasteiger partial charge in [0.25, 0.3) is 0 Å². The molecule has 1 unspecified atom stereocenters. The highest BCUT2D eigenvalue weighted by molar-refractivity contribution is 7.97. The monoisotopic (exact) mass is 278 g/mol. The summed E-state index contributed by atoms with van der Waals surface area (Å²) in [6, 6.07) is 9.69. The van der Waals surface area contributed by atoms with Crippen molar-refractivity contribution in [3.63, 3.8) is 0 Å². The molecule has 0 spiro atoms. The summed E-state index contributed by atoms with van der Waals surface area (Å²) in [7, 11) is 2.25. The number of hydrogen-bond donors (Lipinski definition) is 1. The van der Waals surface area contributed by atoms with Crippen LogP contribution in [0.15, 0.2) is 29.2 Å². The average molecular weight is 278 g/mol. The first-order chi connectivity index (χ1) is 9.16. The molecule has 106 valence electrons. The highest BCUT2D eigenvalue weighted by atomic mass is 32.2. The number of benzene rings is 1. The van der Waals surface area contributed by atoms with Gasteiger partial charge in [-0.1, -0.05) is 26.0 Å². The van der Waals surface area contributed by atoms with Crippen LogP contribution in [0.4, 0.5) is 0 Å². The molecule has 0 amide bonds. The van der Waals surface area contributed by atoms with Gasteiger partial charge in [-0.05, 0) is 68.4 Å². The molecule has 1 saturated heterocycles. The molecule has 0 saturated carbocycles. The molecule has 1 N–H and O–H groups in total. The highest BCUT2D eigenvalue weighted by Gasteiger charge is 2.19. The summed E-state index contributed by atoms with van der Waals surface area (Å²) in [5.41, 5.74) is 1.41. The van der Waals surface area contributed by atoms with Crippen molar-refractivity contribution >= 4 is 11.9 Å². The molecule has 1 aliphatic rings. The third kappa shape index (κ3) is 4.51. The molecule has 1 atom stereocenters. The molecular weight excluding hydrogens is 252 g/mol. The smallest absolute Gasteiger partial charge is 0.0228 e. The Morgan fingerprint density at radius 3 is 2.63 bits per heavy atom. The van der Waals surface area contributed by atoms with Gasteiger partial charge in [-0.3, -0.25) is 4.72 Å². The standard InChI is InChI=1S/C16H26N2S/c1-13(2)14-6-8-16(9-7-14)19-17-11-10-15-5-4-12-18(15)3/h6-9,13,15,17H,4-5,10-12H2,1-3H3. The van der Waals surface area contributed by atoms with Crippen molar-refractivity contribution in [3.05, 3.63) is 29.8 Å². The molecule has 1 aliphatic heterocycles. The Kier molecular flexibility index (Phi) is 5.74. The van der Waals surface area contributed by atoms with Gasteiger partial charge in [0.2, 0.25) is 0 Å². The van der Waals surface area contributed by atoms with E-state index in [0.29, 0.717) is 5.92 Å². The van der Waals surface area contributed by atoms with Crippen molar-refractivity contribution in [2.75, 3.05) is 20.1 Å². The molecule has 1 aromatic carbocycles. The van der Waals surface area contributed by atoms with Crippen LogP contribution in [-0.4, -0.2) is 31.1 Å². The molecule has 19 heavy (non-hydrogen) atoms. The van der Waals surface area contributed by atoms with Crippen molar-refractivity contribution in [3.8, 4) is 0 Å². The first kappa shape index (κ1) is 14.9. The maximum absolute atomic E-state index is 3.49. The summed E-state index contributed by atoms with van der Waals surface area (Å²) in [6.07, 6.45) is 3.99. The van der Waals surface area contributed by atoms with Crippen LogP contribution >= 0.6 is 11.9 Å². The third-order valence-corrected chi connectivity index (χ3v) is 4.84. The summed E-state index contributed by atoms with van der Waals surface area (Å²) < 4.78 is 3.49. The molecule has 1 fully saturated rings. The molecule has 0 aliphatic carbocycles. The quantitative estimate of drug-likeness (QED) is 0.628. The molecule has 2 rings (SSSR count). The van der Waals surface area contributed by atoms with Crippen molar-refractivity contribution in [1.82, 2.24) is 9.62 Å².